The number of hydrogen-bond donors (Lipinski definition) is 3. The van der Waals surface area contributed by atoms with Crippen molar-refractivity contribution in [3.8, 4) is 0 Å². The Morgan fingerprint density at radius 3 is 2.50 bits per heavy atom. The minimum absolute atomic E-state index is 0.0543. The smallest absolute Gasteiger partial charge is 0.169 e. The molecule has 1 aromatic carbocycles. The van der Waals surface area contributed by atoms with Crippen LogP contribution in [0.1, 0.15) is 45.4 Å². The van der Waals surface area contributed by atoms with E-state index in [2.05, 4.69) is 12.2 Å². The van der Waals surface area contributed by atoms with E-state index < -0.39 is 5.82 Å². The van der Waals surface area contributed by atoms with Crippen LogP contribution in [0.5, 0.6) is 0 Å². The van der Waals surface area contributed by atoms with Crippen molar-refractivity contribution in [1.29, 1.82) is 0 Å². The summed E-state index contributed by atoms with van der Waals surface area (Å²) in [4.78, 5) is 0. The van der Waals surface area contributed by atoms with Gasteiger partial charge in [-0.3, -0.25) is 0 Å². The van der Waals surface area contributed by atoms with Gasteiger partial charge in [-0.15, -0.1) is 0 Å². The number of nitrogens with two attached hydrogens (primary N) is 2. The molecule has 0 saturated heterocycles. The largest absolute Gasteiger partial charge is 0.397 e. The molecule has 0 amide bonds. The Labute approximate surface area is 124 Å². The third-order valence-corrected chi connectivity index (χ3v) is 4.54. The molecule has 112 valence electrons. The minimum atomic E-state index is -0.542. The first-order valence-corrected chi connectivity index (χ1v) is 7.70. The van der Waals surface area contributed by atoms with E-state index in [0.29, 0.717) is 11.4 Å². The lowest BCUT2D eigenvalue weighted by Crippen LogP contribution is -2.27. The summed E-state index contributed by atoms with van der Waals surface area (Å²) < 4.78 is 14.1. The second kappa shape index (κ2) is 6.53. The van der Waals surface area contributed by atoms with Gasteiger partial charge in [0.2, 0.25) is 0 Å². The van der Waals surface area contributed by atoms with Gasteiger partial charge in [-0.1, -0.05) is 31.4 Å². The lowest BCUT2D eigenvalue weighted by atomic mass is 9.83. The highest BCUT2D eigenvalue weighted by atomic mass is 35.5. The molecule has 1 fully saturated rings. The van der Waals surface area contributed by atoms with E-state index >= 15 is 0 Å². The van der Waals surface area contributed by atoms with Crippen LogP contribution in [0.2, 0.25) is 5.02 Å². The highest BCUT2D eigenvalue weighted by molar-refractivity contribution is 6.33. The Kier molecular flexibility index (Phi) is 4.97. The van der Waals surface area contributed by atoms with E-state index in [4.69, 9.17) is 23.1 Å². The molecule has 2 rings (SSSR count). The van der Waals surface area contributed by atoms with Crippen LogP contribution in [0.3, 0.4) is 0 Å². The maximum absolute atomic E-state index is 14.1. The van der Waals surface area contributed by atoms with Crippen LogP contribution in [-0.4, -0.2) is 6.04 Å². The van der Waals surface area contributed by atoms with Crippen LogP contribution in [-0.2, 0) is 0 Å². The van der Waals surface area contributed by atoms with Gasteiger partial charge in [0.05, 0.1) is 17.1 Å². The third kappa shape index (κ3) is 3.29. The molecule has 3 nitrogen and oxygen atoms in total. The first kappa shape index (κ1) is 15.2. The van der Waals surface area contributed by atoms with Gasteiger partial charge in [0, 0.05) is 6.04 Å². The predicted molar refractivity (Wildman–Crippen MR) is 84.5 cm³/mol. The van der Waals surface area contributed by atoms with Crippen LogP contribution in [0.25, 0.3) is 0 Å². The van der Waals surface area contributed by atoms with Crippen LogP contribution < -0.4 is 16.8 Å². The van der Waals surface area contributed by atoms with Gasteiger partial charge in [0.25, 0.3) is 0 Å². The van der Waals surface area contributed by atoms with Crippen LogP contribution >= 0.6 is 11.6 Å². The van der Waals surface area contributed by atoms with Gasteiger partial charge >= 0.3 is 0 Å². The second-order valence-electron chi connectivity index (χ2n) is 5.71. The lowest BCUT2D eigenvalue weighted by Gasteiger charge is -2.30. The van der Waals surface area contributed by atoms with Crippen LogP contribution in [0.15, 0.2) is 6.07 Å². The maximum Gasteiger partial charge on any atom is 0.169 e. The zero-order valence-corrected chi connectivity index (χ0v) is 12.6. The van der Waals surface area contributed by atoms with Crippen molar-refractivity contribution in [2.75, 3.05) is 16.8 Å². The quantitative estimate of drug-likeness (QED) is 0.721. The van der Waals surface area contributed by atoms with Gasteiger partial charge in [0.1, 0.15) is 5.02 Å². The fourth-order valence-corrected chi connectivity index (χ4v) is 3.17. The summed E-state index contributed by atoms with van der Waals surface area (Å²) in [6.45, 7) is 2.22. The highest BCUT2D eigenvalue weighted by Crippen LogP contribution is 2.36. The summed E-state index contributed by atoms with van der Waals surface area (Å²) in [5.41, 5.74) is 12.2. The van der Waals surface area contributed by atoms with Crippen molar-refractivity contribution in [2.45, 2.75) is 51.5 Å². The molecular formula is C15H23ClFN3. The molecule has 0 bridgehead atoms. The van der Waals surface area contributed by atoms with Gasteiger partial charge in [0.15, 0.2) is 5.82 Å². The Morgan fingerprint density at radius 2 is 1.90 bits per heavy atom. The Balaban J connectivity index is 2.03. The molecule has 5 N–H and O–H groups in total. The number of halogens is 2. The molecule has 1 saturated carbocycles. The predicted octanol–water partition coefficient (Wildman–Crippen LogP) is 4.41. The van der Waals surface area contributed by atoms with Crippen LogP contribution in [0, 0.1) is 11.7 Å². The molecule has 5 heteroatoms. The second-order valence-corrected chi connectivity index (χ2v) is 6.09. The molecule has 0 spiro atoms. The maximum atomic E-state index is 14.1. The third-order valence-electron chi connectivity index (χ3n) is 4.16. The SMILES string of the molecule is CCCC1CCC(Nc2c(N)cc(N)c(Cl)c2F)CC1. The summed E-state index contributed by atoms with van der Waals surface area (Å²) in [7, 11) is 0. The molecule has 0 heterocycles. The number of rotatable bonds is 4. The molecule has 1 aliphatic rings. The summed E-state index contributed by atoms with van der Waals surface area (Å²) in [6, 6.07) is 1.77. The monoisotopic (exact) mass is 299 g/mol. The van der Waals surface area contributed by atoms with Crippen LogP contribution in [0.4, 0.5) is 21.5 Å². The van der Waals surface area contributed by atoms with Crippen molar-refractivity contribution in [2.24, 2.45) is 5.92 Å². The number of benzene rings is 1. The number of nitrogen functional groups attached to an aromatic ring is 2. The molecule has 20 heavy (non-hydrogen) atoms. The van der Waals surface area contributed by atoms with Crippen molar-refractivity contribution < 1.29 is 4.39 Å². The van der Waals surface area contributed by atoms with E-state index in [0.717, 1.165) is 18.8 Å². The molecule has 1 aliphatic carbocycles. The Hall–Kier alpha value is -1.16. The summed E-state index contributed by atoms with van der Waals surface area (Å²) in [6.07, 6.45) is 7.00. The van der Waals surface area contributed by atoms with Gasteiger partial charge < -0.3 is 16.8 Å². The number of nitrogens with one attached hydrogen (secondary N) is 1. The zero-order valence-electron chi connectivity index (χ0n) is 11.9. The van der Waals surface area contributed by atoms with E-state index in [1.807, 2.05) is 0 Å². The normalized spacial score (nSPS) is 22.8. The molecule has 0 atom stereocenters. The zero-order chi connectivity index (χ0) is 14.7. The summed E-state index contributed by atoms with van der Waals surface area (Å²) in [5, 5.41) is 3.15. The molecule has 0 radical (unpaired) electrons. The number of hydrogen-bond acceptors (Lipinski definition) is 3. The van der Waals surface area contributed by atoms with Gasteiger partial charge in [-0.05, 0) is 37.7 Å². The molecule has 1 aromatic rings. The van der Waals surface area contributed by atoms with Crippen molar-refractivity contribution in [1.82, 2.24) is 0 Å². The van der Waals surface area contributed by atoms with Crippen molar-refractivity contribution in [3.05, 3.63) is 16.9 Å². The lowest BCUT2D eigenvalue weighted by molar-refractivity contribution is 0.318. The highest BCUT2D eigenvalue weighted by Gasteiger charge is 2.23. The molecular weight excluding hydrogens is 277 g/mol. The van der Waals surface area contributed by atoms with E-state index in [1.165, 1.54) is 31.7 Å². The molecule has 0 aromatic heterocycles. The standard InChI is InChI=1S/C15H23ClFN3/c1-2-3-9-4-6-10(7-5-9)20-15-12(19)8-11(18)13(16)14(15)17/h8-10,20H,2-7,18-19H2,1H3. The fraction of sp³-hybridized carbons (Fsp3) is 0.600. The average molecular weight is 300 g/mol. The van der Waals surface area contributed by atoms with E-state index in [1.54, 1.807) is 0 Å². The first-order valence-electron chi connectivity index (χ1n) is 7.32. The summed E-state index contributed by atoms with van der Waals surface area (Å²) >= 11 is 5.84. The van der Waals surface area contributed by atoms with Gasteiger partial charge in [-0.2, -0.15) is 0 Å². The fourth-order valence-electron chi connectivity index (χ4n) is 3.02. The van der Waals surface area contributed by atoms with E-state index in [-0.39, 0.29) is 16.8 Å². The first-order chi connectivity index (χ1) is 9.52. The Morgan fingerprint density at radius 1 is 1.25 bits per heavy atom. The van der Waals surface area contributed by atoms with Crippen molar-refractivity contribution >= 4 is 28.7 Å². The topological polar surface area (TPSA) is 64.1 Å². The molecule has 0 unspecified atom stereocenters. The summed E-state index contributed by atoms with van der Waals surface area (Å²) in [5.74, 6) is 0.273. The van der Waals surface area contributed by atoms with Crippen molar-refractivity contribution in [3.63, 3.8) is 0 Å². The van der Waals surface area contributed by atoms with Gasteiger partial charge in [-0.25, -0.2) is 4.39 Å². The van der Waals surface area contributed by atoms with E-state index in [9.17, 15) is 4.39 Å². The number of anilines is 3. The average Bonchev–Trinajstić information content (AvgIpc) is 2.43. The Bertz CT molecular complexity index is 471. The minimum Gasteiger partial charge on any atom is -0.397 e. The molecule has 0 aliphatic heterocycles.